The maximum Gasteiger partial charge on any atom is 0.267 e. The van der Waals surface area contributed by atoms with Crippen molar-refractivity contribution in [2.24, 2.45) is 0 Å². The van der Waals surface area contributed by atoms with E-state index in [0.29, 0.717) is 12.8 Å². The zero-order valence-electron chi connectivity index (χ0n) is 12.6. The highest BCUT2D eigenvalue weighted by molar-refractivity contribution is 7.86. The highest BCUT2D eigenvalue weighted by Crippen LogP contribution is 2.00. The molecule has 0 aromatic heterocycles. The average Bonchev–Trinajstić information content (AvgIpc) is 2.26. The second-order valence-corrected chi connectivity index (χ2v) is 7.84. The van der Waals surface area contributed by atoms with Crippen LogP contribution in [0.15, 0.2) is 0 Å². The molecule has 2 unspecified atom stereocenters. The summed E-state index contributed by atoms with van der Waals surface area (Å²) in [5.74, 6) is 0. The Balaban J connectivity index is -0.000000224. The van der Waals surface area contributed by atoms with Gasteiger partial charge in [-0.25, -0.2) is 0 Å². The number of hydrogen-bond donors (Lipinski definition) is 2. The van der Waals surface area contributed by atoms with Crippen LogP contribution in [0.4, 0.5) is 0 Å². The Morgan fingerprint density at radius 1 is 0.737 bits per heavy atom. The summed E-state index contributed by atoms with van der Waals surface area (Å²) < 4.78 is 57.0. The van der Waals surface area contributed by atoms with Crippen LogP contribution in [-0.4, -0.2) is 36.4 Å². The second kappa shape index (κ2) is 11.6. The van der Waals surface area contributed by atoms with Crippen LogP contribution in [-0.2, 0) is 20.2 Å². The fourth-order valence-electron chi connectivity index (χ4n) is 0.421. The molecule has 0 fully saturated rings. The lowest BCUT2D eigenvalue weighted by molar-refractivity contribution is 0.466. The Kier molecular flexibility index (Phi) is 14.6. The maximum atomic E-state index is 10.1. The summed E-state index contributed by atoms with van der Waals surface area (Å²) in [5, 5.41) is -1.25. The Labute approximate surface area is 118 Å². The van der Waals surface area contributed by atoms with Gasteiger partial charge in [0.1, 0.15) is 0 Å². The number of rotatable bonds is 4. The summed E-state index contributed by atoms with van der Waals surface area (Å²) in [6, 6.07) is 0. The fourth-order valence-corrected chi connectivity index (χ4v) is 1.26. The molecule has 6 nitrogen and oxygen atoms in total. The van der Waals surface area contributed by atoms with E-state index >= 15 is 0 Å². The Morgan fingerprint density at radius 2 is 0.895 bits per heavy atom. The molecule has 8 heteroatoms. The molecule has 0 saturated carbocycles. The second-order valence-electron chi connectivity index (χ2n) is 4.17. The third kappa shape index (κ3) is 17.8. The van der Waals surface area contributed by atoms with Crippen LogP contribution in [0.5, 0.6) is 0 Å². The average molecular weight is 320 g/mol. The van der Waals surface area contributed by atoms with Crippen molar-refractivity contribution in [2.45, 2.75) is 71.3 Å². The van der Waals surface area contributed by atoms with E-state index < -0.39 is 30.7 Å². The van der Waals surface area contributed by atoms with Crippen LogP contribution in [0.25, 0.3) is 0 Å². The van der Waals surface area contributed by atoms with Gasteiger partial charge in [0.2, 0.25) is 0 Å². The zero-order valence-corrected chi connectivity index (χ0v) is 14.3. The third-order valence-corrected chi connectivity index (χ3v) is 4.87. The molecular formula is C11H28O6S2. The van der Waals surface area contributed by atoms with Gasteiger partial charge in [0, 0.05) is 0 Å². The highest BCUT2D eigenvalue weighted by Gasteiger charge is 2.13. The van der Waals surface area contributed by atoms with Crippen molar-refractivity contribution in [1.29, 1.82) is 0 Å². The first-order chi connectivity index (χ1) is 8.38. The molecule has 0 aliphatic heterocycles. The molecule has 2 N–H and O–H groups in total. The molecule has 0 aromatic carbocycles. The Hall–Kier alpha value is -0.180. The maximum absolute atomic E-state index is 10.1. The minimum atomic E-state index is -3.75. The summed E-state index contributed by atoms with van der Waals surface area (Å²) in [4.78, 5) is 0. The molecule has 19 heavy (non-hydrogen) atoms. The van der Waals surface area contributed by atoms with E-state index in [1.165, 1.54) is 20.3 Å². The first-order valence-electron chi connectivity index (χ1n) is 6.30. The molecule has 0 aromatic rings. The van der Waals surface area contributed by atoms with E-state index in [2.05, 4.69) is 13.8 Å². The van der Waals surface area contributed by atoms with E-state index in [0.717, 1.165) is 0 Å². The SMILES string of the molecule is CCC.CCC(C)S(=O)(=O)O.CCC(C)S(=O)(=O)O. The summed E-state index contributed by atoms with van der Waals surface area (Å²) >= 11 is 0. The predicted octanol–water partition coefficient (Wildman–Crippen LogP) is 2.76. The van der Waals surface area contributed by atoms with Gasteiger partial charge < -0.3 is 0 Å². The minimum Gasteiger partial charge on any atom is -0.285 e. The van der Waals surface area contributed by atoms with Crippen LogP contribution in [0.1, 0.15) is 60.8 Å². The van der Waals surface area contributed by atoms with E-state index in [1.807, 2.05) is 0 Å². The third-order valence-electron chi connectivity index (χ3n) is 2.17. The van der Waals surface area contributed by atoms with Crippen molar-refractivity contribution in [3.8, 4) is 0 Å². The molecular weight excluding hydrogens is 292 g/mol. The van der Waals surface area contributed by atoms with Crippen LogP contribution in [0.2, 0.25) is 0 Å². The van der Waals surface area contributed by atoms with E-state index in [9.17, 15) is 16.8 Å². The lowest BCUT2D eigenvalue weighted by atomic mass is 10.4. The topological polar surface area (TPSA) is 109 Å². The Morgan fingerprint density at radius 3 is 0.895 bits per heavy atom. The molecule has 0 aliphatic carbocycles. The summed E-state index contributed by atoms with van der Waals surface area (Å²) in [6.45, 7) is 10.6. The van der Waals surface area contributed by atoms with Gasteiger partial charge in [-0.3, -0.25) is 9.11 Å². The van der Waals surface area contributed by atoms with Crippen LogP contribution >= 0.6 is 0 Å². The van der Waals surface area contributed by atoms with Crippen molar-refractivity contribution in [3.05, 3.63) is 0 Å². The fraction of sp³-hybridized carbons (Fsp3) is 1.00. The van der Waals surface area contributed by atoms with Crippen LogP contribution in [0, 0.1) is 0 Å². The molecule has 0 bridgehead atoms. The molecule has 0 rings (SSSR count). The van der Waals surface area contributed by atoms with Crippen molar-refractivity contribution in [2.75, 3.05) is 0 Å². The van der Waals surface area contributed by atoms with E-state index in [1.54, 1.807) is 13.8 Å². The van der Waals surface area contributed by atoms with E-state index in [4.69, 9.17) is 9.11 Å². The van der Waals surface area contributed by atoms with E-state index in [-0.39, 0.29) is 0 Å². The molecule has 120 valence electrons. The van der Waals surface area contributed by atoms with Crippen molar-refractivity contribution in [1.82, 2.24) is 0 Å². The molecule has 2 atom stereocenters. The van der Waals surface area contributed by atoms with Crippen molar-refractivity contribution < 1.29 is 25.9 Å². The summed E-state index contributed by atoms with van der Waals surface area (Å²) in [6.07, 6.45) is 2.16. The molecule has 0 heterocycles. The van der Waals surface area contributed by atoms with Crippen molar-refractivity contribution >= 4 is 20.2 Å². The summed E-state index contributed by atoms with van der Waals surface area (Å²) in [7, 11) is -7.51. The predicted molar refractivity (Wildman–Crippen MR) is 78.6 cm³/mol. The van der Waals surface area contributed by atoms with Gasteiger partial charge in [-0.2, -0.15) is 16.8 Å². The van der Waals surface area contributed by atoms with Gasteiger partial charge in [0.05, 0.1) is 10.5 Å². The van der Waals surface area contributed by atoms with Gasteiger partial charge in [0.15, 0.2) is 0 Å². The number of hydrogen-bond acceptors (Lipinski definition) is 4. The molecule has 0 amide bonds. The molecule has 0 radical (unpaired) electrons. The zero-order chi connectivity index (χ0) is 16.3. The largest absolute Gasteiger partial charge is 0.285 e. The molecule has 0 saturated heterocycles. The van der Waals surface area contributed by atoms with Gasteiger partial charge in [-0.15, -0.1) is 0 Å². The minimum absolute atomic E-state index is 0.457. The lowest BCUT2D eigenvalue weighted by Crippen LogP contribution is -2.14. The van der Waals surface area contributed by atoms with Crippen LogP contribution < -0.4 is 0 Å². The lowest BCUT2D eigenvalue weighted by Gasteiger charge is -2.00. The smallest absolute Gasteiger partial charge is 0.267 e. The summed E-state index contributed by atoms with van der Waals surface area (Å²) in [5.41, 5.74) is 0. The van der Waals surface area contributed by atoms with Gasteiger partial charge >= 0.3 is 0 Å². The van der Waals surface area contributed by atoms with Crippen molar-refractivity contribution in [3.63, 3.8) is 0 Å². The first-order valence-corrected chi connectivity index (χ1v) is 9.31. The highest BCUT2D eigenvalue weighted by atomic mass is 32.2. The molecule has 0 aliphatic rings. The first kappa shape index (κ1) is 23.9. The molecule has 0 spiro atoms. The van der Waals surface area contributed by atoms with Gasteiger partial charge in [-0.05, 0) is 26.7 Å². The quantitative estimate of drug-likeness (QED) is 0.771. The normalized spacial score (nSPS) is 14.3. The Bertz CT molecular complexity index is 347. The monoisotopic (exact) mass is 320 g/mol. The van der Waals surface area contributed by atoms with Gasteiger partial charge in [-0.1, -0.05) is 34.1 Å². The van der Waals surface area contributed by atoms with Gasteiger partial charge in [0.25, 0.3) is 20.2 Å². The van der Waals surface area contributed by atoms with Crippen LogP contribution in [0.3, 0.4) is 0 Å². The standard InChI is InChI=1S/2C4H10O3S.C3H8/c2*1-3-4(2)8(5,6)7;1-3-2/h2*4H,3H2,1-2H3,(H,5,6,7);3H2,1-2H3.